The summed E-state index contributed by atoms with van der Waals surface area (Å²) in [6.07, 6.45) is 1.44. The topological polar surface area (TPSA) is 26.3 Å². The summed E-state index contributed by atoms with van der Waals surface area (Å²) in [5.74, 6) is 1.14. The average molecular weight is 385 g/mol. The van der Waals surface area contributed by atoms with E-state index in [1.807, 2.05) is 36.4 Å². The van der Waals surface area contributed by atoms with Crippen molar-refractivity contribution in [2.75, 3.05) is 0 Å². The fraction of sp³-hybridized carbons (Fsp3) is 0.286. The molecule has 2 aromatic rings. The number of benzene rings is 2. The molecule has 0 radical (unpaired) electrons. The monoisotopic (exact) mass is 386 g/mol. The van der Waals surface area contributed by atoms with Gasteiger partial charge in [-0.25, -0.2) is 0 Å². The van der Waals surface area contributed by atoms with Crippen LogP contribution in [-0.4, -0.2) is 20.7 Å². The summed E-state index contributed by atoms with van der Waals surface area (Å²) in [7, 11) is 0. The van der Waals surface area contributed by atoms with Crippen LogP contribution in [0.1, 0.15) is 32.3 Å². The van der Waals surface area contributed by atoms with Gasteiger partial charge in [-0.1, -0.05) is 0 Å². The van der Waals surface area contributed by atoms with E-state index in [-0.39, 0.29) is 26.2 Å². The third-order valence-electron chi connectivity index (χ3n) is 4.00. The molecule has 3 heteroatoms. The van der Waals surface area contributed by atoms with Crippen molar-refractivity contribution in [3.05, 3.63) is 76.5 Å². The van der Waals surface area contributed by atoms with Crippen molar-refractivity contribution >= 4 is 25.2 Å². The van der Waals surface area contributed by atoms with Crippen molar-refractivity contribution in [3.8, 4) is 0 Å². The summed E-state index contributed by atoms with van der Waals surface area (Å²) >= 11 is 0.000858. The Bertz CT molecular complexity index is 733. The molecule has 0 aromatic heterocycles. The molecule has 0 N–H and O–H groups in total. The zero-order chi connectivity index (χ0) is 17.0. The summed E-state index contributed by atoms with van der Waals surface area (Å²) < 4.78 is 8.26. The molecule has 24 heavy (non-hydrogen) atoms. The Labute approximate surface area is 150 Å². The molecule has 0 unspecified atom stereocenters. The van der Waals surface area contributed by atoms with Gasteiger partial charge < -0.3 is 0 Å². The van der Waals surface area contributed by atoms with E-state index in [0.29, 0.717) is 13.0 Å². The fourth-order valence-corrected chi connectivity index (χ4v) is 4.84. The number of hydrogen-bond acceptors (Lipinski definition) is 2. The Balaban J connectivity index is 1.85. The van der Waals surface area contributed by atoms with E-state index in [4.69, 9.17) is 4.74 Å². The van der Waals surface area contributed by atoms with Crippen LogP contribution in [0.5, 0.6) is 0 Å². The molecule has 2 nitrogen and oxygen atoms in total. The summed E-state index contributed by atoms with van der Waals surface area (Å²) in [6, 6.07) is 20.4. The van der Waals surface area contributed by atoms with Gasteiger partial charge in [0.25, 0.3) is 0 Å². The molecule has 0 bridgehead atoms. The second kappa shape index (κ2) is 7.38. The zero-order valence-corrected chi connectivity index (χ0v) is 15.8. The van der Waals surface area contributed by atoms with E-state index in [1.165, 1.54) is 4.46 Å². The summed E-state index contributed by atoms with van der Waals surface area (Å²) in [5, 5.41) is 0. The first-order valence-corrected chi connectivity index (χ1v) is 9.91. The van der Waals surface area contributed by atoms with Crippen LogP contribution in [-0.2, 0) is 16.1 Å². The molecule has 3 rings (SSSR count). The quantitative estimate of drug-likeness (QED) is 0.732. The Kier molecular flexibility index (Phi) is 5.23. The third-order valence-corrected chi connectivity index (χ3v) is 6.45. The first-order valence-electron chi connectivity index (χ1n) is 8.19. The zero-order valence-electron chi connectivity index (χ0n) is 14.1. The predicted molar refractivity (Wildman–Crippen MR) is 98.1 cm³/mol. The number of ether oxygens (including phenoxy) is 1. The van der Waals surface area contributed by atoms with Crippen molar-refractivity contribution in [2.45, 2.75) is 33.3 Å². The van der Waals surface area contributed by atoms with Crippen LogP contribution in [0.3, 0.4) is 0 Å². The van der Waals surface area contributed by atoms with Crippen molar-refractivity contribution in [1.82, 2.24) is 0 Å². The number of Topliss-reactive ketones (excluding diaryl/α,β-unsaturated/α-hetero) is 1. The Morgan fingerprint density at radius 1 is 0.958 bits per heavy atom. The van der Waals surface area contributed by atoms with Crippen molar-refractivity contribution < 1.29 is 9.53 Å². The normalized spacial score (nSPS) is 17.0. The van der Waals surface area contributed by atoms with Crippen LogP contribution in [0, 0.1) is 5.41 Å². The first-order chi connectivity index (χ1) is 11.5. The summed E-state index contributed by atoms with van der Waals surface area (Å²) in [5.41, 5.74) is 1.10. The molecule has 0 heterocycles. The minimum absolute atomic E-state index is 0.000858. The second-order valence-corrected chi connectivity index (χ2v) is 9.16. The van der Waals surface area contributed by atoms with Gasteiger partial charge in [-0.2, -0.15) is 0 Å². The van der Waals surface area contributed by atoms with Gasteiger partial charge in [0.15, 0.2) is 0 Å². The van der Waals surface area contributed by atoms with E-state index >= 15 is 0 Å². The Morgan fingerprint density at radius 3 is 2.25 bits per heavy atom. The van der Waals surface area contributed by atoms with Gasteiger partial charge in [0.2, 0.25) is 0 Å². The summed E-state index contributed by atoms with van der Waals surface area (Å²) in [4.78, 5) is 12.7. The Hall–Kier alpha value is -1.83. The molecule has 0 aliphatic heterocycles. The van der Waals surface area contributed by atoms with Crippen molar-refractivity contribution in [3.63, 3.8) is 0 Å². The van der Waals surface area contributed by atoms with Gasteiger partial charge in [-0.3, -0.25) is 0 Å². The molecule has 2 aromatic carbocycles. The average Bonchev–Trinajstić information content (AvgIpc) is 2.57. The van der Waals surface area contributed by atoms with Crippen molar-refractivity contribution in [1.29, 1.82) is 0 Å². The number of ketones is 1. The van der Waals surface area contributed by atoms with Gasteiger partial charge >= 0.3 is 150 Å². The van der Waals surface area contributed by atoms with E-state index in [2.05, 4.69) is 38.1 Å². The van der Waals surface area contributed by atoms with Gasteiger partial charge in [0, 0.05) is 0 Å². The van der Waals surface area contributed by atoms with Crippen LogP contribution in [0.4, 0.5) is 0 Å². The maximum absolute atomic E-state index is 12.7. The van der Waals surface area contributed by atoms with Crippen molar-refractivity contribution in [2.24, 2.45) is 5.41 Å². The second-order valence-electron chi connectivity index (χ2n) is 6.88. The fourth-order valence-electron chi connectivity index (χ4n) is 2.83. The van der Waals surface area contributed by atoms with Crippen LogP contribution < -0.4 is 4.46 Å². The molecule has 1 aliphatic rings. The number of rotatable bonds is 5. The molecular formula is C21H22O2Se. The molecular weight excluding hydrogens is 363 g/mol. The molecule has 1 aliphatic carbocycles. The number of carbonyl (C=O) groups excluding carboxylic acids is 1. The molecule has 124 valence electrons. The molecule has 0 saturated heterocycles. The van der Waals surface area contributed by atoms with E-state index < -0.39 is 0 Å². The van der Waals surface area contributed by atoms with Gasteiger partial charge in [0.05, 0.1) is 0 Å². The van der Waals surface area contributed by atoms with Gasteiger partial charge in [-0.15, -0.1) is 0 Å². The number of carbonyl (C=O) groups is 1. The maximum atomic E-state index is 12.7. The van der Waals surface area contributed by atoms with Gasteiger partial charge in [0.1, 0.15) is 0 Å². The predicted octanol–water partition coefficient (Wildman–Crippen LogP) is 3.83. The van der Waals surface area contributed by atoms with E-state index in [0.717, 1.165) is 22.2 Å². The Morgan fingerprint density at radius 2 is 1.58 bits per heavy atom. The third kappa shape index (κ3) is 4.37. The van der Waals surface area contributed by atoms with Crippen LogP contribution in [0.2, 0.25) is 0 Å². The van der Waals surface area contributed by atoms with E-state index in [1.54, 1.807) is 0 Å². The molecule has 0 atom stereocenters. The molecule has 0 fully saturated rings. The van der Waals surface area contributed by atoms with E-state index in [9.17, 15) is 4.79 Å². The van der Waals surface area contributed by atoms with Crippen LogP contribution in [0.25, 0.3) is 0 Å². The first kappa shape index (κ1) is 17.0. The molecule has 0 spiro atoms. The minimum atomic E-state index is -0.0284. The van der Waals surface area contributed by atoms with Crippen LogP contribution >= 0.6 is 0 Å². The number of hydrogen-bond donors (Lipinski definition) is 0. The SMILES string of the molecule is CC1(C)CC(=O)C([Se]c2ccccc2)=C(OCc2ccccc2)C1. The number of allylic oxidation sites excluding steroid dienone is 2. The standard InChI is InChI=1S/C21H22O2Se/c1-21(2)13-18(22)20(24-17-11-7-4-8-12-17)19(14-21)23-15-16-9-5-3-6-10-16/h3-12H,13-15H2,1-2H3. The van der Waals surface area contributed by atoms with Crippen LogP contribution in [0.15, 0.2) is 70.9 Å². The van der Waals surface area contributed by atoms with Gasteiger partial charge in [-0.05, 0) is 0 Å². The molecule has 0 amide bonds. The molecule has 0 saturated carbocycles. The summed E-state index contributed by atoms with van der Waals surface area (Å²) in [6.45, 7) is 4.81.